The largest absolute Gasteiger partial charge is 0.361 e. The fraction of sp³-hybridized carbons (Fsp3) is 1.00. The molecule has 0 aliphatic carbocycles. The number of hydrogen-bond acceptors (Lipinski definition) is 3. The third-order valence-electron chi connectivity index (χ3n) is 1.42. The van der Waals surface area contributed by atoms with Crippen LogP contribution >= 0.6 is 0 Å². The molecule has 0 saturated carbocycles. The van der Waals surface area contributed by atoms with Crippen LogP contribution in [0.5, 0.6) is 0 Å². The van der Waals surface area contributed by atoms with Gasteiger partial charge in [-0.05, 0) is 41.5 Å². The van der Waals surface area contributed by atoms with Crippen molar-refractivity contribution in [3.63, 3.8) is 0 Å². The third-order valence-corrected chi connectivity index (χ3v) is 1.42. The van der Waals surface area contributed by atoms with E-state index < -0.39 is 0 Å². The van der Waals surface area contributed by atoms with Crippen LogP contribution in [-0.4, -0.2) is 24.7 Å². The molecule has 2 atom stereocenters. The van der Waals surface area contributed by atoms with Crippen LogP contribution in [0.1, 0.15) is 41.5 Å². The molecule has 0 aromatic heterocycles. The maximum Gasteiger partial charge on any atom is 0.107 e. The minimum Gasteiger partial charge on any atom is -0.361 e. The molecule has 80 valence electrons. The van der Waals surface area contributed by atoms with Gasteiger partial charge in [0, 0.05) is 0 Å². The van der Waals surface area contributed by atoms with Crippen molar-refractivity contribution in [1.29, 1.82) is 0 Å². The molecule has 2 unspecified atom stereocenters. The highest BCUT2D eigenvalue weighted by atomic mass is 16.5. The molecule has 0 radical (unpaired) electrons. The van der Waals surface area contributed by atoms with Gasteiger partial charge in [-0.15, -0.1) is 0 Å². The summed E-state index contributed by atoms with van der Waals surface area (Å²) in [6, 6.07) is 0. The lowest BCUT2D eigenvalue weighted by molar-refractivity contribution is -0.0668. The highest BCUT2D eigenvalue weighted by molar-refractivity contribution is 4.54. The van der Waals surface area contributed by atoms with E-state index in [1.54, 1.807) is 0 Å². The molecular formula is C10H23NO2. The zero-order valence-electron chi connectivity index (χ0n) is 9.63. The maximum absolute atomic E-state index is 5.51. The monoisotopic (exact) mass is 189 g/mol. The molecule has 0 rings (SSSR count). The van der Waals surface area contributed by atoms with Crippen molar-refractivity contribution < 1.29 is 9.47 Å². The summed E-state index contributed by atoms with van der Waals surface area (Å²) in [5.41, 5.74) is 0. The van der Waals surface area contributed by atoms with Gasteiger partial charge in [0.2, 0.25) is 0 Å². The van der Waals surface area contributed by atoms with E-state index in [1.165, 1.54) is 0 Å². The fourth-order valence-electron chi connectivity index (χ4n) is 1.23. The maximum atomic E-state index is 5.51. The second-order valence-corrected chi connectivity index (χ2v) is 3.82. The predicted octanol–water partition coefficient (Wildman–Crippen LogP) is 2.12. The van der Waals surface area contributed by atoms with Crippen molar-refractivity contribution in [3.05, 3.63) is 0 Å². The standard InChI is InChI=1S/C10H23NO2/c1-7(2)12-9(5)11-10(6)13-8(3)4/h7-11H,1-6H3. The van der Waals surface area contributed by atoms with Gasteiger partial charge in [0.05, 0.1) is 12.2 Å². The summed E-state index contributed by atoms with van der Waals surface area (Å²) in [6.07, 6.45) is 0.560. The van der Waals surface area contributed by atoms with Crippen LogP contribution in [-0.2, 0) is 9.47 Å². The van der Waals surface area contributed by atoms with Crippen molar-refractivity contribution in [2.45, 2.75) is 66.2 Å². The van der Waals surface area contributed by atoms with Gasteiger partial charge in [0.1, 0.15) is 12.5 Å². The van der Waals surface area contributed by atoms with E-state index in [0.717, 1.165) is 0 Å². The number of nitrogens with one attached hydrogen (secondary N) is 1. The molecule has 3 nitrogen and oxygen atoms in total. The van der Waals surface area contributed by atoms with Gasteiger partial charge in [0.25, 0.3) is 0 Å². The number of rotatable bonds is 6. The number of hydrogen-bond donors (Lipinski definition) is 1. The quantitative estimate of drug-likeness (QED) is 0.649. The van der Waals surface area contributed by atoms with Gasteiger partial charge in [-0.1, -0.05) is 0 Å². The topological polar surface area (TPSA) is 30.5 Å². The summed E-state index contributed by atoms with van der Waals surface area (Å²) in [5.74, 6) is 0. The van der Waals surface area contributed by atoms with E-state index in [-0.39, 0.29) is 24.7 Å². The second-order valence-electron chi connectivity index (χ2n) is 3.82. The first-order chi connectivity index (χ1) is 5.91. The molecular weight excluding hydrogens is 166 g/mol. The first-order valence-electron chi connectivity index (χ1n) is 4.98. The van der Waals surface area contributed by atoms with Crippen LogP contribution in [0, 0.1) is 0 Å². The van der Waals surface area contributed by atoms with Crippen LogP contribution < -0.4 is 5.32 Å². The Kier molecular flexibility index (Phi) is 6.29. The van der Waals surface area contributed by atoms with Crippen molar-refractivity contribution in [3.8, 4) is 0 Å². The van der Waals surface area contributed by atoms with E-state index in [9.17, 15) is 0 Å². The summed E-state index contributed by atoms with van der Waals surface area (Å²) in [7, 11) is 0. The Morgan fingerprint density at radius 1 is 0.692 bits per heavy atom. The van der Waals surface area contributed by atoms with E-state index in [0.29, 0.717) is 0 Å². The summed E-state index contributed by atoms with van der Waals surface area (Å²) in [5, 5.41) is 3.20. The zero-order chi connectivity index (χ0) is 10.4. The molecule has 1 N–H and O–H groups in total. The minimum absolute atomic E-state index is 0.0359. The van der Waals surface area contributed by atoms with Crippen LogP contribution in [0.2, 0.25) is 0 Å². The van der Waals surface area contributed by atoms with Gasteiger partial charge < -0.3 is 9.47 Å². The average molecular weight is 189 g/mol. The minimum atomic E-state index is 0.0359. The third kappa shape index (κ3) is 8.22. The van der Waals surface area contributed by atoms with Crippen molar-refractivity contribution >= 4 is 0 Å². The summed E-state index contributed by atoms with van der Waals surface area (Å²) in [6.45, 7) is 12.1. The molecule has 0 saturated heterocycles. The Bertz CT molecular complexity index is 112. The molecule has 0 aliphatic rings. The Hall–Kier alpha value is -0.120. The van der Waals surface area contributed by atoms with Gasteiger partial charge in [-0.3, -0.25) is 5.32 Å². The molecule has 0 aromatic carbocycles. The lowest BCUT2D eigenvalue weighted by atomic mass is 10.4. The lowest BCUT2D eigenvalue weighted by Gasteiger charge is -2.23. The molecule has 0 amide bonds. The van der Waals surface area contributed by atoms with Gasteiger partial charge in [0.15, 0.2) is 0 Å². The predicted molar refractivity (Wildman–Crippen MR) is 54.5 cm³/mol. The van der Waals surface area contributed by atoms with Crippen molar-refractivity contribution in [2.24, 2.45) is 0 Å². The van der Waals surface area contributed by atoms with Crippen molar-refractivity contribution in [2.75, 3.05) is 0 Å². The van der Waals surface area contributed by atoms with Gasteiger partial charge in [-0.2, -0.15) is 0 Å². The molecule has 3 heteroatoms. The van der Waals surface area contributed by atoms with E-state index in [4.69, 9.17) is 9.47 Å². The Morgan fingerprint density at radius 3 is 1.23 bits per heavy atom. The normalized spacial score (nSPS) is 16.6. The SMILES string of the molecule is CC(C)OC(C)NC(C)OC(C)C. The van der Waals surface area contributed by atoms with Crippen LogP contribution in [0.25, 0.3) is 0 Å². The lowest BCUT2D eigenvalue weighted by Crippen LogP contribution is -2.40. The van der Waals surface area contributed by atoms with E-state index in [1.807, 2.05) is 41.5 Å². The molecule has 13 heavy (non-hydrogen) atoms. The van der Waals surface area contributed by atoms with Crippen LogP contribution in [0.15, 0.2) is 0 Å². The smallest absolute Gasteiger partial charge is 0.107 e. The fourth-order valence-corrected chi connectivity index (χ4v) is 1.23. The Labute approximate surface area is 81.8 Å². The molecule has 0 fully saturated rings. The summed E-state index contributed by atoms with van der Waals surface area (Å²) in [4.78, 5) is 0. The van der Waals surface area contributed by atoms with Crippen molar-refractivity contribution in [1.82, 2.24) is 5.32 Å². The van der Waals surface area contributed by atoms with Crippen LogP contribution in [0.3, 0.4) is 0 Å². The summed E-state index contributed by atoms with van der Waals surface area (Å²) < 4.78 is 11.0. The first-order valence-corrected chi connectivity index (χ1v) is 4.98. The Morgan fingerprint density at radius 2 is 1.00 bits per heavy atom. The zero-order valence-corrected chi connectivity index (χ0v) is 9.63. The average Bonchev–Trinajstić information content (AvgIpc) is 1.80. The Balaban J connectivity index is 3.58. The van der Waals surface area contributed by atoms with E-state index in [2.05, 4.69) is 5.32 Å². The second kappa shape index (κ2) is 6.35. The first kappa shape index (κ1) is 12.9. The van der Waals surface area contributed by atoms with Gasteiger partial charge in [-0.25, -0.2) is 0 Å². The van der Waals surface area contributed by atoms with Crippen LogP contribution in [0.4, 0.5) is 0 Å². The highest BCUT2D eigenvalue weighted by Gasteiger charge is 2.09. The van der Waals surface area contributed by atoms with Gasteiger partial charge >= 0.3 is 0 Å². The molecule has 0 aliphatic heterocycles. The molecule has 0 spiro atoms. The molecule has 0 aromatic rings. The van der Waals surface area contributed by atoms with E-state index >= 15 is 0 Å². The molecule has 0 heterocycles. The summed E-state index contributed by atoms with van der Waals surface area (Å²) >= 11 is 0. The molecule has 0 bridgehead atoms. The number of ether oxygens (including phenoxy) is 2. The highest BCUT2D eigenvalue weighted by Crippen LogP contribution is 1.98.